The smallest absolute Gasteiger partial charge is 0.311 e. The topological polar surface area (TPSA) is 161 Å². The maximum Gasteiger partial charge on any atom is 0.311 e. The largest absolute Gasteiger partial charge is 0.459 e. The highest BCUT2D eigenvalue weighted by Crippen LogP contribution is 2.42. The molecule has 1 unspecified atom stereocenters. The molecule has 56 heavy (non-hydrogen) atoms. The predicted octanol–water partition coefficient (Wildman–Crippen LogP) is 2.81. The minimum Gasteiger partial charge on any atom is -0.459 e. The van der Waals surface area contributed by atoms with Crippen LogP contribution in [0.4, 0.5) is 0 Å². The van der Waals surface area contributed by atoms with Crippen molar-refractivity contribution >= 4 is 5.97 Å². The van der Waals surface area contributed by atoms with Crippen LogP contribution in [0.15, 0.2) is 0 Å². The van der Waals surface area contributed by atoms with Crippen LogP contribution in [-0.2, 0) is 42.7 Å². The van der Waals surface area contributed by atoms with E-state index in [2.05, 4.69) is 18.7 Å². The Bertz CT molecular complexity index is 1280. The van der Waals surface area contributed by atoms with Gasteiger partial charge >= 0.3 is 5.97 Å². The van der Waals surface area contributed by atoms with Gasteiger partial charge in [0.1, 0.15) is 30.0 Å². The summed E-state index contributed by atoms with van der Waals surface area (Å²) in [4.78, 5) is 20.7. The van der Waals surface area contributed by atoms with Gasteiger partial charge in [0.25, 0.3) is 0 Å². The molecule has 19 atom stereocenters. The second kappa shape index (κ2) is 18.7. The molecule has 4 aliphatic rings. The predicted molar refractivity (Wildman–Crippen MR) is 209 cm³/mol. The fraction of sp³-hybridized carbons (Fsp3) is 0.976. The van der Waals surface area contributed by atoms with Crippen molar-refractivity contribution < 1.29 is 58.0 Å². The standard InChI is InChI=1S/C41H77N3O12/c1-17-29-41(10)35(55-38(56-41)43(13)14)26(6)44(15)21-22(2)19-39(8,48)34(54-37-31(45)28(42(11)12)18-23(3)50-37)24(4)32(25(5)36(47)52-29)53-30-20-40(9,49-16)33(46)27(7)51-30/h22-35,37-38,45-46,48H,17-21H2,1-16H3/t22-,23-,24+,25-,26-,27+,28+,29-,30+,31-,32+,33+,34-,35-,37+,38?,39-,40-,41-/m1/s1. The van der Waals surface area contributed by atoms with E-state index >= 15 is 0 Å². The first-order valence-corrected chi connectivity index (χ1v) is 20.7. The molecule has 0 amide bonds. The van der Waals surface area contributed by atoms with Crippen LogP contribution in [0.3, 0.4) is 0 Å². The summed E-state index contributed by atoms with van der Waals surface area (Å²) in [7, 11) is 11.2. The van der Waals surface area contributed by atoms with E-state index in [1.54, 1.807) is 27.7 Å². The van der Waals surface area contributed by atoms with Gasteiger partial charge in [-0.25, -0.2) is 0 Å². The van der Waals surface area contributed by atoms with E-state index in [1.807, 2.05) is 72.7 Å². The lowest BCUT2D eigenvalue weighted by Gasteiger charge is -2.48. The molecule has 0 aromatic rings. The Kier molecular flexibility index (Phi) is 15.9. The molecular weight excluding hydrogens is 726 g/mol. The maximum atomic E-state index is 14.6. The Morgan fingerprint density at radius 3 is 2.14 bits per heavy atom. The van der Waals surface area contributed by atoms with Gasteiger partial charge in [0.15, 0.2) is 12.6 Å². The lowest BCUT2D eigenvalue weighted by molar-refractivity contribution is -0.318. The molecule has 4 aliphatic heterocycles. The fourth-order valence-corrected chi connectivity index (χ4v) is 9.69. The molecule has 4 rings (SSSR count). The van der Waals surface area contributed by atoms with Gasteiger partial charge in [-0.3, -0.25) is 9.69 Å². The van der Waals surface area contributed by atoms with E-state index < -0.39 is 96.3 Å². The monoisotopic (exact) mass is 804 g/mol. The summed E-state index contributed by atoms with van der Waals surface area (Å²) in [5, 5.41) is 35.3. The SMILES string of the molecule is CC[C@H]1OC(=O)[C@H](C)[C@@H](O[C@H]2C[C@@](C)(OC)[C@@H](O)[C@H](C)O2)[C@H](C)[C@@H](O[C@@H]2O[C@H](C)C[C@H](N(C)C)[C@H]2O)[C@](C)(O)C[C@@H](C)CN(C)[C@H](C)[C@H]2OC(N(C)C)O[C@@]21C. The summed E-state index contributed by atoms with van der Waals surface area (Å²) in [5.74, 6) is -2.18. The summed E-state index contributed by atoms with van der Waals surface area (Å²) in [6.45, 7) is 19.6. The third-order valence-electron chi connectivity index (χ3n) is 13.2. The van der Waals surface area contributed by atoms with E-state index in [-0.39, 0.29) is 30.5 Å². The molecule has 15 heteroatoms. The fourth-order valence-electron chi connectivity index (χ4n) is 9.69. The number of esters is 1. The number of hydrogen-bond acceptors (Lipinski definition) is 15. The van der Waals surface area contributed by atoms with Crippen LogP contribution in [0, 0.1) is 17.8 Å². The summed E-state index contributed by atoms with van der Waals surface area (Å²) < 4.78 is 51.7. The van der Waals surface area contributed by atoms with Crippen LogP contribution >= 0.6 is 0 Å². The van der Waals surface area contributed by atoms with E-state index in [0.29, 0.717) is 25.8 Å². The van der Waals surface area contributed by atoms with Crippen LogP contribution in [0.5, 0.6) is 0 Å². The Morgan fingerprint density at radius 2 is 1.57 bits per heavy atom. The number of fused-ring (bicyclic) bond motifs is 1. The average molecular weight is 804 g/mol. The number of rotatable bonds is 8. The molecular formula is C41H77N3O12. The summed E-state index contributed by atoms with van der Waals surface area (Å²) in [6.07, 6.45) is -7.02. The van der Waals surface area contributed by atoms with E-state index in [9.17, 15) is 20.1 Å². The van der Waals surface area contributed by atoms with Gasteiger partial charge in [-0.05, 0) is 109 Å². The van der Waals surface area contributed by atoms with Crippen molar-refractivity contribution in [3.8, 4) is 0 Å². The van der Waals surface area contributed by atoms with E-state index in [1.165, 1.54) is 7.11 Å². The van der Waals surface area contributed by atoms with Crippen molar-refractivity contribution in [3.63, 3.8) is 0 Å². The van der Waals surface area contributed by atoms with Crippen LogP contribution in [0.1, 0.15) is 94.9 Å². The van der Waals surface area contributed by atoms with Crippen molar-refractivity contribution in [3.05, 3.63) is 0 Å². The van der Waals surface area contributed by atoms with Gasteiger partial charge in [-0.2, -0.15) is 0 Å². The molecule has 0 saturated carbocycles. The van der Waals surface area contributed by atoms with Crippen molar-refractivity contribution in [2.75, 3.05) is 48.9 Å². The van der Waals surface area contributed by atoms with E-state index in [4.69, 9.17) is 37.9 Å². The average Bonchev–Trinajstić information content (AvgIpc) is 3.48. The van der Waals surface area contributed by atoms with Crippen LogP contribution < -0.4 is 0 Å². The summed E-state index contributed by atoms with van der Waals surface area (Å²) in [5.41, 5.74) is -3.51. The normalized spacial score (nSPS) is 49.3. The number of hydrogen-bond donors (Lipinski definition) is 3. The molecule has 3 N–H and O–H groups in total. The first-order valence-electron chi connectivity index (χ1n) is 20.7. The van der Waals surface area contributed by atoms with E-state index in [0.717, 1.165) is 0 Å². The third-order valence-corrected chi connectivity index (χ3v) is 13.2. The molecule has 0 radical (unpaired) electrons. The minimum absolute atomic E-state index is 0.0483. The highest BCUT2D eigenvalue weighted by atomic mass is 16.8. The number of carbonyl (C=O) groups is 1. The molecule has 328 valence electrons. The molecule has 0 aliphatic carbocycles. The summed E-state index contributed by atoms with van der Waals surface area (Å²) in [6, 6.07) is -0.416. The molecule has 4 saturated heterocycles. The molecule has 4 fully saturated rings. The van der Waals surface area contributed by atoms with Gasteiger partial charge < -0.3 is 63.0 Å². The van der Waals surface area contributed by atoms with Crippen molar-refractivity contribution in [1.29, 1.82) is 0 Å². The number of ether oxygens (including phenoxy) is 8. The van der Waals surface area contributed by atoms with Gasteiger partial charge in [0.05, 0.1) is 41.5 Å². The quantitative estimate of drug-likeness (QED) is 0.307. The lowest BCUT2D eigenvalue weighted by Crippen LogP contribution is -2.60. The Morgan fingerprint density at radius 1 is 0.929 bits per heavy atom. The second-order valence-corrected chi connectivity index (χ2v) is 18.6. The number of methoxy groups -OCH3 is 1. The maximum absolute atomic E-state index is 14.6. The van der Waals surface area contributed by atoms with Crippen molar-refractivity contribution in [2.45, 2.75) is 192 Å². The zero-order chi connectivity index (χ0) is 42.2. The molecule has 0 aromatic carbocycles. The molecule has 15 nitrogen and oxygen atoms in total. The molecule has 0 bridgehead atoms. The van der Waals surface area contributed by atoms with Gasteiger partial charge in [0, 0.05) is 38.1 Å². The van der Waals surface area contributed by atoms with Gasteiger partial charge in [-0.1, -0.05) is 20.8 Å². The first-order chi connectivity index (χ1) is 25.9. The zero-order valence-electron chi connectivity index (χ0n) is 37.1. The number of carbonyl (C=O) groups excluding carboxylic acids is 1. The number of nitrogens with zero attached hydrogens (tertiary/aromatic N) is 3. The minimum atomic E-state index is -1.51. The number of cyclic esters (lactones) is 1. The highest BCUT2D eigenvalue weighted by Gasteiger charge is 2.57. The number of aliphatic hydroxyl groups excluding tert-OH is 2. The number of aliphatic hydroxyl groups is 3. The Balaban J connectivity index is 1.84. The zero-order valence-corrected chi connectivity index (χ0v) is 37.1. The van der Waals surface area contributed by atoms with Gasteiger partial charge in [0.2, 0.25) is 6.41 Å². The molecule has 0 aromatic heterocycles. The Hall–Kier alpha value is -1.05. The first kappa shape index (κ1) is 47.6. The van der Waals surface area contributed by atoms with Crippen LogP contribution in [-0.4, -0.2) is 182 Å². The highest BCUT2D eigenvalue weighted by molar-refractivity contribution is 5.73. The van der Waals surface area contributed by atoms with Crippen LogP contribution in [0.2, 0.25) is 0 Å². The summed E-state index contributed by atoms with van der Waals surface area (Å²) >= 11 is 0. The van der Waals surface area contributed by atoms with Crippen molar-refractivity contribution in [1.82, 2.24) is 14.7 Å². The molecule has 0 spiro atoms. The van der Waals surface area contributed by atoms with Crippen molar-refractivity contribution in [2.24, 2.45) is 17.8 Å². The Labute approximate surface area is 336 Å². The van der Waals surface area contributed by atoms with Gasteiger partial charge in [-0.15, -0.1) is 0 Å². The lowest BCUT2D eigenvalue weighted by atomic mass is 9.77. The van der Waals surface area contributed by atoms with Crippen LogP contribution in [0.25, 0.3) is 0 Å². The third kappa shape index (κ3) is 10.1. The molecule has 4 heterocycles. The number of likely N-dealkylation sites (N-methyl/N-ethyl adjacent to an activating group) is 2. The second-order valence-electron chi connectivity index (χ2n) is 18.6.